The molecule has 0 bridgehead atoms. The summed E-state index contributed by atoms with van der Waals surface area (Å²) in [5.41, 5.74) is 3.82. The minimum Gasteiger partial charge on any atom is -0.494 e. The normalized spacial score (nSPS) is 17.0. The molecule has 1 N–H and O–H groups in total. The quantitative estimate of drug-likeness (QED) is 0.146. The van der Waals surface area contributed by atoms with E-state index >= 15 is 0 Å². The van der Waals surface area contributed by atoms with Crippen LogP contribution in [0.3, 0.4) is 0 Å². The van der Waals surface area contributed by atoms with Crippen LogP contribution in [0.5, 0.6) is 11.5 Å². The van der Waals surface area contributed by atoms with Crippen LogP contribution in [0.4, 0.5) is 13.2 Å². The standard InChI is InChI=1S/C39H40F3N3O2/c1-27(2)47-33-19-15-31(16-20-33)38(3)25-45(26-44-38)21-8-22-46-32-17-13-29(14-18-32)36-30(23-28-9-5-4-6-10-28)24-43-37-34(36)11-7-12-35(37)39(40,41)42/h4-7,9-20,24,27,44H,8,21-23,25-26H2,1-3H3. The van der Waals surface area contributed by atoms with Gasteiger partial charge < -0.3 is 9.47 Å². The molecule has 0 amide bonds. The van der Waals surface area contributed by atoms with Crippen LogP contribution in [0, 0.1) is 0 Å². The van der Waals surface area contributed by atoms with Gasteiger partial charge in [0.1, 0.15) is 11.5 Å². The third-order valence-electron chi connectivity index (χ3n) is 8.65. The van der Waals surface area contributed by atoms with Gasteiger partial charge in [-0.2, -0.15) is 13.2 Å². The first-order chi connectivity index (χ1) is 22.6. The minimum atomic E-state index is -4.50. The number of fused-ring (bicyclic) bond motifs is 1. The fourth-order valence-electron chi connectivity index (χ4n) is 6.35. The molecule has 244 valence electrons. The molecule has 1 aromatic heterocycles. The number of ether oxygens (including phenoxy) is 2. The minimum absolute atomic E-state index is 0.0446. The van der Waals surface area contributed by atoms with Gasteiger partial charge in [0.15, 0.2) is 0 Å². The molecule has 8 heteroatoms. The lowest BCUT2D eigenvalue weighted by Crippen LogP contribution is -2.36. The van der Waals surface area contributed by atoms with E-state index in [0.717, 1.165) is 66.0 Å². The van der Waals surface area contributed by atoms with Crippen LogP contribution in [0.2, 0.25) is 0 Å². The van der Waals surface area contributed by atoms with Crippen molar-refractivity contribution >= 4 is 10.9 Å². The van der Waals surface area contributed by atoms with E-state index in [2.05, 4.69) is 34.3 Å². The molecule has 0 aliphatic carbocycles. The molecule has 0 radical (unpaired) electrons. The van der Waals surface area contributed by atoms with Gasteiger partial charge in [0.2, 0.25) is 0 Å². The second-order valence-corrected chi connectivity index (χ2v) is 12.7. The molecule has 1 fully saturated rings. The Bertz CT molecular complexity index is 1790. The molecule has 47 heavy (non-hydrogen) atoms. The SMILES string of the molecule is CC(C)Oc1ccc(C2(C)CN(CCCOc3ccc(-c4c(Cc5ccccc5)cnc5c(C(F)(F)F)cccc45)cc3)CN2)cc1. The Morgan fingerprint density at radius 3 is 2.32 bits per heavy atom. The predicted molar refractivity (Wildman–Crippen MR) is 181 cm³/mol. The Labute approximate surface area is 274 Å². The highest BCUT2D eigenvalue weighted by Crippen LogP contribution is 2.39. The molecule has 6 rings (SSSR count). The van der Waals surface area contributed by atoms with E-state index < -0.39 is 11.7 Å². The van der Waals surface area contributed by atoms with Crippen LogP contribution in [-0.4, -0.2) is 42.4 Å². The smallest absolute Gasteiger partial charge is 0.418 e. The van der Waals surface area contributed by atoms with Gasteiger partial charge in [-0.3, -0.25) is 15.2 Å². The number of hydrogen-bond acceptors (Lipinski definition) is 5. The van der Waals surface area contributed by atoms with Crippen LogP contribution < -0.4 is 14.8 Å². The Morgan fingerprint density at radius 1 is 0.894 bits per heavy atom. The van der Waals surface area contributed by atoms with E-state index in [-0.39, 0.29) is 17.2 Å². The number of nitrogens with zero attached hydrogens (tertiary/aromatic N) is 2. The van der Waals surface area contributed by atoms with Crippen molar-refractivity contribution in [1.29, 1.82) is 0 Å². The molecule has 2 heterocycles. The fraction of sp³-hybridized carbons (Fsp3) is 0.308. The van der Waals surface area contributed by atoms with Crippen molar-refractivity contribution in [2.24, 2.45) is 0 Å². The Kier molecular flexibility index (Phi) is 9.52. The molecular weight excluding hydrogens is 599 g/mol. The van der Waals surface area contributed by atoms with Crippen molar-refractivity contribution < 1.29 is 22.6 Å². The number of pyridine rings is 1. The van der Waals surface area contributed by atoms with E-state index in [1.165, 1.54) is 11.6 Å². The van der Waals surface area contributed by atoms with Gasteiger partial charge >= 0.3 is 6.18 Å². The largest absolute Gasteiger partial charge is 0.494 e. The van der Waals surface area contributed by atoms with E-state index in [1.807, 2.05) is 80.6 Å². The Balaban J connectivity index is 1.11. The average molecular weight is 640 g/mol. The number of rotatable bonds is 11. The van der Waals surface area contributed by atoms with Crippen molar-refractivity contribution in [2.75, 3.05) is 26.4 Å². The summed E-state index contributed by atoms with van der Waals surface area (Å²) in [6, 6.07) is 30.1. The maximum absolute atomic E-state index is 13.9. The maximum Gasteiger partial charge on any atom is 0.418 e. The summed E-state index contributed by atoms with van der Waals surface area (Å²) in [6.45, 7) is 9.42. The number of halogens is 3. The second-order valence-electron chi connectivity index (χ2n) is 12.7. The van der Waals surface area contributed by atoms with Crippen LogP contribution in [0.25, 0.3) is 22.0 Å². The first-order valence-corrected chi connectivity index (χ1v) is 16.1. The lowest BCUT2D eigenvalue weighted by molar-refractivity contribution is -0.136. The Hall–Kier alpha value is -4.40. The number of aromatic nitrogens is 1. The topological polar surface area (TPSA) is 46.6 Å². The summed E-state index contributed by atoms with van der Waals surface area (Å²) in [4.78, 5) is 6.70. The van der Waals surface area contributed by atoms with Gasteiger partial charge in [0, 0.05) is 31.3 Å². The lowest BCUT2D eigenvalue weighted by Gasteiger charge is -2.25. The summed E-state index contributed by atoms with van der Waals surface area (Å²) < 4.78 is 53.6. The van der Waals surface area contributed by atoms with Crippen LogP contribution >= 0.6 is 0 Å². The van der Waals surface area contributed by atoms with E-state index in [1.54, 1.807) is 12.3 Å². The maximum atomic E-state index is 13.9. The number of nitrogens with one attached hydrogen (secondary N) is 1. The summed E-state index contributed by atoms with van der Waals surface area (Å²) in [6.07, 6.45) is -1.36. The van der Waals surface area contributed by atoms with Crippen LogP contribution in [0.1, 0.15) is 49.4 Å². The number of hydrogen-bond donors (Lipinski definition) is 1. The molecule has 0 saturated carbocycles. The average Bonchev–Trinajstić information content (AvgIpc) is 3.45. The molecule has 1 unspecified atom stereocenters. The zero-order valence-corrected chi connectivity index (χ0v) is 27.0. The highest BCUT2D eigenvalue weighted by Gasteiger charge is 2.35. The molecule has 5 aromatic rings. The number of alkyl halides is 3. The van der Waals surface area contributed by atoms with Gasteiger partial charge in [-0.1, -0.05) is 66.7 Å². The zero-order valence-electron chi connectivity index (χ0n) is 27.0. The number of benzene rings is 4. The zero-order chi connectivity index (χ0) is 33.0. The van der Waals surface area contributed by atoms with Crippen LogP contribution in [-0.2, 0) is 18.1 Å². The Morgan fingerprint density at radius 2 is 1.62 bits per heavy atom. The van der Waals surface area contributed by atoms with Crippen molar-refractivity contribution in [3.05, 3.63) is 126 Å². The van der Waals surface area contributed by atoms with Crippen molar-refractivity contribution in [3.8, 4) is 22.6 Å². The molecule has 1 saturated heterocycles. The van der Waals surface area contributed by atoms with Gasteiger partial charge in [-0.05, 0) is 91.8 Å². The van der Waals surface area contributed by atoms with Crippen molar-refractivity contribution in [3.63, 3.8) is 0 Å². The summed E-state index contributed by atoms with van der Waals surface area (Å²) in [5.74, 6) is 1.60. The van der Waals surface area contributed by atoms with E-state index in [0.29, 0.717) is 18.4 Å². The van der Waals surface area contributed by atoms with Crippen molar-refractivity contribution in [2.45, 2.75) is 51.4 Å². The third kappa shape index (κ3) is 7.61. The van der Waals surface area contributed by atoms with Gasteiger partial charge in [-0.15, -0.1) is 0 Å². The third-order valence-corrected chi connectivity index (χ3v) is 8.65. The highest BCUT2D eigenvalue weighted by atomic mass is 19.4. The first-order valence-electron chi connectivity index (χ1n) is 16.1. The molecule has 1 aliphatic heterocycles. The van der Waals surface area contributed by atoms with Crippen LogP contribution in [0.15, 0.2) is 103 Å². The van der Waals surface area contributed by atoms with E-state index in [4.69, 9.17) is 9.47 Å². The lowest BCUT2D eigenvalue weighted by atomic mass is 9.92. The first kappa shape index (κ1) is 32.5. The summed E-state index contributed by atoms with van der Waals surface area (Å²) >= 11 is 0. The predicted octanol–water partition coefficient (Wildman–Crippen LogP) is 8.85. The fourth-order valence-corrected chi connectivity index (χ4v) is 6.35. The van der Waals surface area contributed by atoms with Crippen molar-refractivity contribution in [1.82, 2.24) is 15.2 Å². The summed E-state index contributed by atoms with van der Waals surface area (Å²) in [7, 11) is 0. The van der Waals surface area contributed by atoms with Gasteiger partial charge in [-0.25, -0.2) is 0 Å². The molecule has 1 atom stereocenters. The summed E-state index contributed by atoms with van der Waals surface area (Å²) in [5, 5.41) is 4.14. The molecule has 0 spiro atoms. The van der Waals surface area contributed by atoms with E-state index in [9.17, 15) is 13.2 Å². The molecule has 4 aromatic carbocycles. The molecule has 1 aliphatic rings. The second kappa shape index (κ2) is 13.8. The van der Waals surface area contributed by atoms with Gasteiger partial charge in [0.05, 0.1) is 29.3 Å². The molecular formula is C39H40F3N3O2. The highest BCUT2D eigenvalue weighted by molar-refractivity contribution is 5.98. The molecule has 5 nitrogen and oxygen atoms in total. The monoisotopic (exact) mass is 639 g/mol. The van der Waals surface area contributed by atoms with Gasteiger partial charge in [0.25, 0.3) is 0 Å². The number of para-hydroxylation sites is 1.